The molecule has 0 rings (SSSR count). The van der Waals surface area contributed by atoms with Crippen LogP contribution in [0.25, 0.3) is 0 Å². The Balaban J connectivity index is 3.74. The summed E-state index contributed by atoms with van der Waals surface area (Å²) in [6.45, 7) is 13.0. The zero-order chi connectivity index (χ0) is 10.3. The van der Waals surface area contributed by atoms with Crippen molar-refractivity contribution in [1.29, 1.82) is 0 Å². The van der Waals surface area contributed by atoms with Gasteiger partial charge in [0.05, 0.1) is 6.54 Å². The van der Waals surface area contributed by atoms with Gasteiger partial charge < -0.3 is 5.32 Å². The molecule has 0 aliphatic rings. The van der Waals surface area contributed by atoms with E-state index in [0.29, 0.717) is 0 Å². The highest BCUT2D eigenvalue weighted by Crippen LogP contribution is 2.19. The molecule has 0 fully saturated rings. The highest BCUT2D eigenvalue weighted by molar-refractivity contribution is 4.97. The molecule has 76 valence electrons. The van der Waals surface area contributed by atoms with Crippen molar-refractivity contribution in [1.82, 2.24) is 5.32 Å². The summed E-state index contributed by atoms with van der Waals surface area (Å²) in [5.41, 5.74) is 0. The minimum atomic E-state index is 0.752. The molecule has 0 aromatic rings. The molecule has 0 spiro atoms. The van der Waals surface area contributed by atoms with Crippen molar-refractivity contribution in [2.45, 2.75) is 34.6 Å². The lowest BCUT2D eigenvalue weighted by molar-refractivity contribution is 0.280. The van der Waals surface area contributed by atoms with E-state index in [2.05, 4.69) is 44.9 Å². The lowest BCUT2D eigenvalue weighted by Crippen LogP contribution is -2.30. The van der Waals surface area contributed by atoms with Gasteiger partial charge in [-0.3, -0.25) is 0 Å². The summed E-state index contributed by atoms with van der Waals surface area (Å²) in [6, 6.07) is 0. The normalized spacial score (nSPS) is 10.8. The van der Waals surface area contributed by atoms with Crippen molar-refractivity contribution in [3.8, 4) is 11.8 Å². The van der Waals surface area contributed by atoms with Gasteiger partial charge in [0, 0.05) is 0 Å². The van der Waals surface area contributed by atoms with E-state index in [1.807, 2.05) is 6.92 Å². The first-order valence-corrected chi connectivity index (χ1v) is 5.19. The third-order valence-corrected chi connectivity index (χ3v) is 2.48. The molecule has 0 unspecified atom stereocenters. The van der Waals surface area contributed by atoms with Crippen molar-refractivity contribution in [3.63, 3.8) is 0 Å². The SMILES string of the molecule is CC#CCNCC(C(C)C)C(C)C. The molecule has 0 aromatic heterocycles. The summed E-state index contributed by atoms with van der Waals surface area (Å²) in [6.07, 6.45) is 0. The van der Waals surface area contributed by atoms with Gasteiger partial charge in [-0.1, -0.05) is 33.6 Å². The van der Waals surface area contributed by atoms with Crippen LogP contribution in [0.2, 0.25) is 0 Å². The molecule has 1 nitrogen and oxygen atoms in total. The minimum absolute atomic E-state index is 0.752. The van der Waals surface area contributed by atoms with E-state index >= 15 is 0 Å². The van der Waals surface area contributed by atoms with E-state index < -0.39 is 0 Å². The van der Waals surface area contributed by atoms with Crippen LogP contribution in [0.15, 0.2) is 0 Å². The van der Waals surface area contributed by atoms with Gasteiger partial charge in [0.25, 0.3) is 0 Å². The molecule has 0 radical (unpaired) electrons. The number of nitrogens with one attached hydrogen (secondary N) is 1. The zero-order valence-corrected chi connectivity index (χ0v) is 9.65. The Morgan fingerprint density at radius 3 is 2.00 bits per heavy atom. The van der Waals surface area contributed by atoms with E-state index in [1.165, 1.54) is 0 Å². The third kappa shape index (κ3) is 5.71. The van der Waals surface area contributed by atoms with Crippen molar-refractivity contribution < 1.29 is 0 Å². The summed E-state index contributed by atoms with van der Waals surface area (Å²) in [5.74, 6) is 8.17. The second-order valence-electron chi connectivity index (χ2n) is 4.21. The van der Waals surface area contributed by atoms with Crippen molar-refractivity contribution >= 4 is 0 Å². The van der Waals surface area contributed by atoms with Crippen LogP contribution in [0.4, 0.5) is 0 Å². The van der Waals surface area contributed by atoms with Gasteiger partial charge in [-0.05, 0) is 31.2 Å². The second-order valence-corrected chi connectivity index (χ2v) is 4.21. The maximum atomic E-state index is 3.38. The predicted molar refractivity (Wildman–Crippen MR) is 59.5 cm³/mol. The maximum Gasteiger partial charge on any atom is 0.0576 e. The fraction of sp³-hybridized carbons (Fsp3) is 0.833. The van der Waals surface area contributed by atoms with Crippen molar-refractivity contribution in [3.05, 3.63) is 0 Å². The van der Waals surface area contributed by atoms with Crippen molar-refractivity contribution in [2.75, 3.05) is 13.1 Å². The molecular formula is C12H23N. The van der Waals surface area contributed by atoms with Gasteiger partial charge in [-0.2, -0.15) is 0 Å². The Kier molecular flexibility index (Phi) is 6.72. The molecule has 0 atom stereocenters. The molecule has 1 N–H and O–H groups in total. The Hall–Kier alpha value is -0.480. The Bertz CT molecular complexity index is 163. The van der Waals surface area contributed by atoms with Crippen LogP contribution in [0, 0.1) is 29.6 Å². The Morgan fingerprint density at radius 2 is 1.62 bits per heavy atom. The van der Waals surface area contributed by atoms with Crippen LogP contribution < -0.4 is 5.32 Å². The first kappa shape index (κ1) is 12.5. The summed E-state index contributed by atoms with van der Waals surface area (Å²) in [7, 11) is 0. The monoisotopic (exact) mass is 181 g/mol. The van der Waals surface area contributed by atoms with E-state index in [0.717, 1.165) is 30.8 Å². The smallest absolute Gasteiger partial charge is 0.0576 e. The molecule has 0 amide bonds. The molecule has 0 saturated carbocycles. The minimum Gasteiger partial charge on any atom is -0.306 e. The molecule has 0 heterocycles. The summed E-state index contributed by atoms with van der Waals surface area (Å²) < 4.78 is 0. The van der Waals surface area contributed by atoms with Gasteiger partial charge in [0.1, 0.15) is 0 Å². The second kappa shape index (κ2) is 6.97. The zero-order valence-electron chi connectivity index (χ0n) is 9.65. The third-order valence-electron chi connectivity index (χ3n) is 2.48. The van der Waals surface area contributed by atoms with Crippen LogP contribution in [0.5, 0.6) is 0 Å². The first-order valence-electron chi connectivity index (χ1n) is 5.19. The van der Waals surface area contributed by atoms with Crippen LogP contribution in [0.3, 0.4) is 0 Å². The number of rotatable bonds is 5. The molecule has 0 aliphatic heterocycles. The fourth-order valence-electron chi connectivity index (χ4n) is 1.63. The average Bonchev–Trinajstić information content (AvgIpc) is 2.02. The van der Waals surface area contributed by atoms with Gasteiger partial charge in [-0.25, -0.2) is 0 Å². The number of hydrogen-bond acceptors (Lipinski definition) is 1. The lowest BCUT2D eigenvalue weighted by Gasteiger charge is -2.24. The average molecular weight is 181 g/mol. The van der Waals surface area contributed by atoms with E-state index in [4.69, 9.17) is 0 Å². The predicted octanol–water partition coefficient (Wildman–Crippen LogP) is 2.53. The lowest BCUT2D eigenvalue weighted by atomic mass is 9.85. The molecule has 13 heavy (non-hydrogen) atoms. The van der Waals surface area contributed by atoms with Gasteiger partial charge in [0.2, 0.25) is 0 Å². The standard InChI is InChI=1S/C12H23N/c1-6-7-8-13-9-12(10(2)3)11(4)5/h10-13H,8-9H2,1-5H3. The summed E-state index contributed by atoms with van der Waals surface area (Å²) in [5, 5.41) is 3.38. The molecular weight excluding hydrogens is 158 g/mol. The quantitative estimate of drug-likeness (QED) is 0.507. The molecule has 1 heteroatoms. The first-order chi connectivity index (χ1) is 6.09. The fourth-order valence-corrected chi connectivity index (χ4v) is 1.63. The van der Waals surface area contributed by atoms with Crippen LogP contribution in [0.1, 0.15) is 34.6 Å². The largest absolute Gasteiger partial charge is 0.306 e. The van der Waals surface area contributed by atoms with E-state index in [-0.39, 0.29) is 0 Å². The highest BCUT2D eigenvalue weighted by Gasteiger charge is 2.16. The molecule has 0 aromatic carbocycles. The van der Waals surface area contributed by atoms with E-state index in [1.54, 1.807) is 0 Å². The van der Waals surface area contributed by atoms with Crippen molar-refractivity contribution in [2.24, 2.45) is 17.8 Å². The van der Waals surface area contributed by atoms with Crippen LogP contribution in [-0.2, 0) is 0 Å². The van der Waals surface area contributed by atoms with E-state index in [9.17, 15) is 0 Å². The molecule has 0 saturated heterocycles. The summed E-state index contributed by atoms with van der Waals surface area (Å²) in [4.78, 5) is 0. The Labute approximate surface area is 83.3 Å². The van der Waals surface area contributed by atoms with Gasteiger partial charge in [0.15, 0.2) is 0 Å². The maximum absolute atomic E-state index is 3.38. The van der Waals surface area contributed by atoms with Gasteiger partial charge in [-0.15, -0.1) is 5.92 Å². The number of hydrogen-bond donors (Lipinski definition) is 1. The molecule has 0 bridgehead atoms. The summed E-state index contributed by atoms with van der Waals surface area (Å²) >= 11 is 0. The van der Waals surface area contributed by atoms with Crippen LogP contribution >= 0.6 is 0 Å². The van der Waals surface area contributed by atoms with Crippen LogP contribution in [-0.4, -0.2) is 13.1 Å². The van der Waals surface area contributed by atoms with Gasteiger partial charge >= 0.3 is 0 Å². The molecule has 0 aliphatic carbocycles. The Morgan fingerprint density at radius 1 is 1.08 bits per heavy atom. The highest BCUT2D eigenvalue weighted by atomic mass is 14.8. The topological polar surface area (TPSA) is 12.0 Å².